The summed E-state index contributed by atoms with van der Waals surface area (Å²) >= 11 is 0. The van der Waals surface area contributed by atoms with E-state index in [-0.39, 0.29) is 17.5 Å². The molecule has 3 rings (SSSR count). The summed E-state index contributed by atoms with van der Waals surface area (Å²) in [4.78, 5) is 16.1. The van der Waals surface area contributed by atoms with Crippen LogP contribution in [0.25, 0.3) is 11.3 Å². The van der Waals surface area contributed by atoms with Crippen molar-refractivity contribution in [2.45, 2.75) is 19.6 Å². The Hall–Kier alpha value is -3.23. The van der Waals surface area contributed by atoms with Crippen molar-refractivity contribution in [1.29, 1.82) is 0 Å². The number of aromatic nitrogens is 3. The van der Waals surface area contributed by atoms with Crippen molar-refractivity contribution in [3.63, 3.8) is 0 Å². The molecule has 25 heavy (non-hydrogen) atoms. The molecule has 0 spiro atoms. The van der Waals surface area contributed by atoms with E-state index in [2.05, 4.69) is 20.2 Å². The summed E-state index contributed by atoms with van der Waals surface area (Å²) in [6.45, 7) is -1.16. The van der Waals surface area contributed by atoms with E-state index >= 15 is 0 Å². The van der Waals surface area contributed by atoms with Gasteiger partial charge in [0.05, 0.1) is 6.33 Å². The molecular formula is C16H14F2N4O3. The second-order valence-electron chi connectivity index (χ2n) is 5.15. The number of ether oxygens (including phenoxy) is 1. The third-order valence-electron chi connectivity index (χ3n) is 3.48. The molecule has 130 valence electrons. The van der Waals surface area contributed by atoms with Gasteiger partial charge >= 0.3 is 6.61 Å². The molecule has 9 heteroatoms. The molecule has 0 unspecified atom stereocenters. The number of alkyl halides is 2. The average Bonchev–Trinajstić information content (AvgIpc) is 3.26. The third-order valence-corrected chi connectivity index (χ3v) is 3.48. The Kier molecular flexibility index (Phi) is 4.73. The van der Waals surface area contributed by atoms with Gasteiger partial charge in [-0.3, -0.25) is 10.1 Å². The van der Waals surface area contributed by atoms with Crippen LogP contribution in [0.4, 0.5) is 14.7 Å². The summed E-state index contributed by atoms with van der Waals surface area (Å²) in [5.74, 6) is -0.0637. The van der Waals surface area contributed by atoms with Gasteiger partial charge in [0.1, 0.15) is 17.5 Å². The van der Waals surface area contributed by atoms with Crippen LogP contribution in [0.1, 0.15) is 13.0 Å². The lowest BCUT2D eigenvalue weighted by Gasteiger charge is -2.11. The SMILES string of the molecule is C[C@H](C(=O)Nc1cc(-c2ccc(OC(F)F)cc2)no1)n1ccnc1. The van der Waals surface area contributed by atoms with Crippen LogP contribution < -0.4 is 10.1 Å². The van der Waals surface area contributed by atoms with Crippen molar-refractivity contribution in [2.75, 3.05) is 5.32 Å². The molecule has 3 aromatic rings. The smallest absolute Gasteiger partial charge is 0.387 e. The Morgan fingerprint density at radius 3 is 2.72 bits per heavy atom. The lowest BCUT2D eigenvalue weighted by Crippen LogP contribution is -2.22. The summed E-state index contributed by atoms with van der Waals surface area (Å²) in [5.41, 5.74) is 1.09. The molecule has 0 aliphatic rings. The summed E-state index contributed by atoms with van der Waals surface area (Å²) in [5, 5.41) is 6.47. The Labute approximate surface area is 141 Å². The van der Waals surface area contributed by atoms with Crippen LogP contribution in [-0.4, -0.2) is 27.2 Å². The number of nitrogens with zero attached hydrogens (tertiary/aromatic N) is 3. The number of halogens is 2. The van der Waals surface area contributed by atoms with Gasteiger partial charge < -0.3 is 13.8 Å². The molecule has 2 heterocycles. The molecule has 1 atom stereocenters. The van der Waals surface area contributed by atoms with Gasteiger partial charge in [-0.25, -0.2) is 4.98 Å². The summed E-state index contributed by atoms with van der Waals surface area (Å²) in [7, 11) is 0. The second-order valence-corrected chi connectivity index (χ2v) is 5.15. The van der Waals surface area contributed by atoms with Gasteiger partial charge in [0.2, 0.25) is 11.8 Å². The van der Waals surface area contributed by atoms with E-state index in [1.807, 2.05) is 0 Å². The molecule has 1 aromatic carbocycles. The zero-order valence-corrected chi connectivity index (χ0v) is 13.1. The first kappa shape index (κ1) is 16.6. The topological polar surface area (TPSA) is 82.2 Å². The fourth-order valence-electron chi connectivity index (χ4n) is 2.14. The molecule has 0 aliphatic heterocycles. The second kappa shape index (κ2) is 7.12. The van der Waals surface area contributed by atoms with Crippen LogP contribution in [0.3, 0.4) is 0 Å². The number of imidazole rings is 1. The van der Waals surface area contributed by atoms with E-state index < -0.39 is 12.7 Å². The van der Waals surface area contributed by atoms with Crippen LogP contribution in [0.15, 0.2) is 53.6 Å². The first-order chi connectivity index (χ1) is 12.0. The minimum atomic E-state index is -2.88. The lowest BCUT2D eigenvalue weighted by atomic mass is 10.1. The highest BCUT2D eigenvalue weighted by molar-refractivity contribution is 5.92. The molecule has 0 aliphatic carbocycles. The van der Waals surface area contributed by atoms with E-state index in [9.17, 15) is 13.6 Å². The summed E-state index contributed by atoms with van der Waals surface area (Å²) in [6.07, 6.45) is 4.80. The van der Waals surface area contributed by atoms with Crippen molar-refractivity contribution < 1.29 is 22.8 Å². The zero-order valence-electron chi connectivity index (χ0n) is 13.1. The maximum absolute atomic E-state index is 12.2. The molecule has 1 N–H and O–H groups in total. The predicted molar refractivity (Wildman–Crippen MR) is 84.1 cm³/mol. The van der Waals surface area contributed by atoms with Gasteiger partial charge in [-0.15, -0.1) is 0 Å². The Morgan fingerprint density at radius 1 is 1.32 bits per heavy atom. The first-order valence-electron chi connectivity index (χ1n) is 7.33. The molecule has 0 saturated heterocycles. The largest absolute Gasteiger partial charge is 0.435 e. The molecule has 7 nitrogen and oxygen atoms in total. The minimum Gasteiger partial charge on any atom is -0.435 e. The Morgan fingerprint density at radius 2 is 2.08 bits per heavy atom. The van der Waals surface area contributed by atoms with E-state index in [4.69, 9.17) is 4.52 Å². The first-order valence-corrected chi connectivity index (χ1v) is 7.33. The molecular weight excluding hydrogens is 334 g/mol. The fraction of sp³-hybridized carbons (Fsp3) is 0.188. The van der Waals surface area contributed by atoms with Crippen molar-refractivity contribution in [3.8, 4) is 17.0 Å². The van der Waals surface area contributed by atoms with E-state index in [0.717, 1.165) is 0 Å². The number of nitrogens with one attached hydrogen (secondary N) is 1. The van der Waals surface area contributed by atoms with Crippen LogP contribution in [-0.2, 0) is 4.79 Å². The number of anilines is 1. The standard InChI is InChI=1S/C16H14F2N4O3/c1-10(22-7-6-19-9-22)15(23)20-14-8-13(21-25-14)11-2-4-12(5-3-11)24-16(17)18/h2-10,16H,1H3,(H,20,23)/t10-/m1/s1. The van der Waals surface area contributed by atoms with Crippen LogP contribution in [0, 0.1) is 0 Å². The van der Waals surface area contributed by atoms with Crippen LogP contribution in [0.5, 0.6) is 5.75 Å². The molecule has 0 bridgehead atoms. The maximum atomic E-state index is 12.2. The van der Waals surface area contributed by atoms with E-state index in [1.165, 1.54) is 12.1 Å². The fourth-order valence-corrected chi connectivity index (χ4v) is 2.14. The molecule has 0 radical (unpaired) electrons. The van der Waals surface area contributed by atoms with Crippen molar-refractivity contribution in [3.05, 3.63) is 49.1 Å². The van der Waals surface area contributed by atoms with Crippen LogP contribution >= 0.6 is 0 Å². The normalized spacial score (nSPS) is 12.2. The zero-order chi connectivity index (χ0) is 17.8. The lowest BCUT2D eigenvalue weighted by molar-refractivity contribution is -0.118. The number of amides is 1. The predicted octanol–water partition coefficient (Wildman–Crippen LogP) is 3.34. The van der Waals surface area contributed by atoms with Gasteiger partial charge in [-0.1, -0.05) is 5.16 Å². The van der Waals surface area contributed by atoms with E-state index in [0.29, 0.717) is 11.3 Å². The van der Waals surface area contributed by atoms with Gasteiger partial charge in [0.15, 0.2) is 0 Å². The van der Waals surface area contributed by atoms with Gasteiger partial charge in [0, 0.05) is 24.0 Å². The number of rotatable bonds is 6. The number of carbonyl (C=O) groups excluding carboxylic acids is 1. The van der Waals surface area contributed by atoms with Crippen LogP contribution in [0.2, 0.25) is 0 Å². The Balaban J connectivity index is 1.67. The van der Waals surface area contributed by atoms with Crippen molar-refractivity contribution in [2.24, 2.45) is 0 Å². The molecule has 1 amide bonds. The monoisotopic (exact) mass is 348 g/mol. The maximum Gasteiger partial charge on any atom is 0.387 e. The molecule has 2 aromatic heterocycles. The van der Waals surface area contributed by atoms with E-state index in [1.54, 1.807) is 48.4 Å². The number of carbonyl (C=O) groups is 1. The highest BCUT2D eigenvalue weighted by Crippen LogP contribution is 2.25. The number of benzene rings is 1. The Bertz CT molecular complexity index is 831. The van der Waals surface area contributed by atoms with Crippen molar-refractivity contribution >= 4 is 11.8 Å². The minimum absolute atomic E-state index is 0.0462. The highest BCUT2D eigenvalue weighted by Gasteiger charge is 2.17. The third kappa shape index (κ3) is 4.00. The highest BCUT2D eigenvalue weighted by atomic mass is 19.3. The number of hydrogen-bond acceptors (Lipinski definition) is 5. The number of hydrogen-bond donors (Lipinski definition) is 1. The molecule has 0 fully saturated rings. The van der Waals surface area contributed by atoms with Gasteiger partial charge in [-0.2, -0.15) is 8.78 Å². The summed E-state index contributed by atoms with van der Waals surface area (Å²) in [6, 6.07) is 7.00. The summed E-state index contributed by atoms with van der Waals surface area (Å²) < 4.78 is 35.3. The quantitative estimate of drug-likeness (QED) is 0.739. The van der Waals surface area contributed by atoms with Crippen molar-refractivity contribution in [1.82, 2.24) is 14.7 Å². The average molecular weight is 348 g/mol. The van der Waals surface area contributed by atoms with Gasteiger partial charge in [0.25, 0.3) is 0 Å². The molecule has 0 saturated carbocycles. The van der Waals surface area contributed by atoms with Gasteiger partial charge in [-0.05, 0) is 31.2 Å².